The number of likely N-dealkylation sites (tertiary alicyclic amines) is 1. The predicted molar refractivity (Wildman–Crippen MR) is 82.1 cm³/mol. The van der Waals surface area contributed by atoms with E-state index in [0.717, 1.165) is 25.9 Å². The van der Waals surface area contributed by atoms with Crippen LogP contribution in [0.5, 0.6) is 0 Å². The number of nitrogens with one attached hydrogen (secondary N) is 1. The Balaban J connectivity index is 1.77. The summed E-state index contributed by atoms with van der Waals surface area (Å²) >= 11 is 0. The van der Waals surface area contributed by atoms with Crippen molar-refractivity contribution < 1.29 is 0 Å². The van der Waals surface area contributed by atoms with Crippen LogP contribution >= 0.6 is 0 Å². The highest BCUT2D eigenvalue weighted by Crippen LogP contribution is 2.21. The molecule has 1 aromatic heterocycles. The molecule has 0 aliphatic carbocycles. The van der Waals surface area contributed by atoms with Crippen molar-refractivity contribution in [1.82, 2.24) is 25.2 Å². The van der Waals surface area contributed by atoms with E-state index in [1.807, 2.05) is 25.2 Å². The molecule has 0 atom stereocenters. The molecule has 2 heterocycles. The molecule has 0 unspecified atom stereocenters. The van der Waals surface area contributed by atoms with E-state index in [1.165, 1.54) is 4.68 Å². The van der Waals surface area contributed by atoms with Crippen LogP contribution in [0.4, 0.5) is 0 Å². The number of piperidine rings is 1. The van der Waals surface area contributed by atoms with Gasteiger partial charge in [0.15, 0.2) is 0 Å². The molecule has 1 N–H and O–H groups in total. The summed E-state index contributed by atoms with van der Waals surface area (Å²) in [5, 5.41) is 12.2. The zero-order valence-corrected chi connectivity index (χ0v) is 12.5. The Morgan fingerprint density at radius 2 is 2.00 bits per heavy atom. The minimum atomic E-state index is -0.0671. The molecule has 0 bridgehead atoms. The second-order valence-electron chi connectivity index (χ2n) is 5.98. The van der Waals surface area contributed by atoms with E-state index < -0.39 is 0 Å². The van der Waals surface area contributed by atoms with Crippen LogP contribution < -0.4 is 10.9 Å². The average Bonchev–Trinajstić information content (AvgIpc) is 2.53. The van der Waals surface area contributed by atoms with Gasteiger partial charge in [-0.2, -0.15) is 4.68 Å². The molecule has 0 amide bonds. The molecule has 1 aromatic carbocycles. The highest BCUT2D eigenvalue weighted by atomic mass is 16.1. The summed E-state index contributed by atoms with van der Waals surface area (Å²) in [7, 11) is 2.01. The maximum atomic E-state index is 12.4. The van der Waals surface area contributed by atoms with Crippen molar-refractivity contribution in [2.75, 3.05) is 20.1 Å². The zero-order valence-electron chi connectivity index (χ0n) is 12.5. The second kappa shape index (κ2) is 5.54. The minimum Gasteiger partial charge on any atom is -0.314 e. The lowest BCUT2D eigenvalue weighted by Gasteiger charge is -2.39. The van der Waals surface area contributed by atoms with Crippen molar-refractivity contribution in [2.24, 2.45) is 0 Å². The fourth-order valence-corrected chi connectivity index (χ4v) is 2.74. The summed E-state index contributed by atoms with van der Waals surface area (Å²) < 4.78 is 1.46. The second-order valence-corrected chi connectivity index (χ2v) is 5.98. The maximum absolute atomic E-state index is 12.4. The molecule has 1 fully saturated rings. The minimum absolute atomic E-state index is 0.0671. The quantitative estimate of drug-likeness (QED) is 0.905. The first-order valence-electron chi connectivity index (χ1n) is 7.35. The number of benzene rings is 1. The van der Waals surface area contributed by atoms with Crippen LogP contribution in [0.3, 0.4) is 0 Å². The van der Waals surface area contributed by atoms with Crippen LogP contribution in [-0.4, -0.2) is 45.6 Å². The normalized spacial score (nSPS) is 19.0. The Labute approximate surface area is 123 Å². The van der Waals surface area contributed by atoms with Crippen LogP contribution in [0.2, 0.25) is 0 Å². The van der Waals surface area contributed by atoms with E-state index in [1.54, 1.807) is 6.07 Å². The van der Waals surface area contributed by atoms with Crippen molar-refractivity contribution in [3.05, 3.63) is 34.6 Å². The van der Waals surface area contributed by atoms with E-state index in [2.05, 4.69) is 27.5 Å². The highest BCUT2D eigenvalue weighted by molar-refractivity contribution is 5.76. The van der Waals surface area contributed by atoms with Gasteiger partial charge in [-0.25, -0.2) is 0 Å². The lowest BCUT2D eigenvalue weighted by atomic mass is 9.90. The first-order valence-corrected chi connectivity index (χ1v) is 7.35. The van der Waals surface area contributed by atoms with Gasteiger partial charge in [0.25, 0.3) is 5.56 Å². The number of hydrogen-bond donors (Lipinski definition) is 1. The van der Waals surface area contributed by atoms with E-state index >= 15 is 0 Å². The number of aromatic nitrogens is 3. The van der Waals surface area contributed by atoms with E-state index in [0.29, 0.717) is 17.6 Å². The molecule has 2 aromatic rings. The molecule has 1 aliphatic heterocycles. The smallest absolute Gasteiger partial charge is 0.278 e. The van der Waals surface area contributed by atoms with Gasteiger partial charge in [0.2, 0.25) is 0 Å². The Hall–Kier alpha value is -1.79. The van der Waals surface area contributed by atoms with Crippen LogP contribution in [0.1, 0.15) is 19.8 Å². The molecular weight excluding hydrogens is 266 g/mol. The zero-order chi connectivity index (χ0) is 14.9. The predicted octanol–water partition coefficient (Wildman–Crippen LogP) is 0.823. The van der Waals surface area contributed by atoms with Gasteiger partial charge in [-0.15, -0.1) is 5.10 Å². The number of fused-ring (bicyclic) bond motifs is 1. The van der Waals surface area contributed by atoms with Crippen molar-refractivity contribution in [3.8, 4) is 0 Å². The molecule has 1 aliphatic rings. The summed E-state index contributed by atoms with van der Waals surface area (Å²) in [6.07, 6.45) is 2.14. The molecule has 6 nitrogen and oxygen atoms in total. The summed E-state index contributed by atoms with van der Waals surface area (Å²) in [6, 6.07) is 7.34. The van der Waals surface area contributed by atoms with E-state index in [-0.39, 0.29) is 11.1 Å². The third-order valence-corrected chi connectivity index (χ3v) is 4.53. The molecule has 112 valence electrons. The molecule has 0 saturated carbocycles. The van der Waals surface area contributed by atoms with Crippen molar-refractivity contribution in [3.63, 3.8) is 0 Å². The van der Waals surface area contributed by atoms with Gasteiger partial charge in [-0.05, 0) is 38.9 Å². The van der Waals surface area contributed by atoms with Gasteiger partial charge in [0.05, 0.1) is 12.1 Å². The lowest BCUT2D eigenvalue weighted by molar-refractivity contribution is 0.114. The molecule has 0 spiro atoms. The van der Waals surface area contributed by atoms with Crippen molar-refractivity contribution >= 4 is 10.9 Å². The first kappa shape index (κ1) is 14.2. The monoisotopic (exact) mass is 287 g/mol. The van der Waals surface area contributed by atoms with Gasteiger partial charge in [-0.1, -0.05) is 17.3 Å². The van der Waals surface area contributed by atoms with Gasteiger partial charge < -0.3 is 5.32 Å². The molecular formula is C15H21N5O. The molecule has 0 radical (unpaired) electrons. The van der Waals surface area contributed by atoms with E-state index in [9.17, 15) is 4.79 Å². The van der Waals surface area contributed by atoms with Crippen molar-refractivity contribution in [2.45, 2.75) is 32.0 Å². The summed E-state index contributed by atoms with van der Waals surface area (Å²) in [6.45, 7) is 4.67. The van der Waals surface area contributed by atoms with Gasteiger partial charge in [0, 0.05) is 18.6 Å². The van der Waals surface area contributed by atoms with Gasteiger partial charge in [0.1, 0.15) is 5.52 Å². The topological polar surface area (TPSA) is 63.1 Å². The van der Waals surface area contributed by atoms with Crippen molar-refractivity contribution in [1.29, 1.82) is 0 Å². The van der Waals surface area contributed by atoms with Crippen LogP contribution in [0, 0.1) is 0 Å². The highest BCUT2D eigenvalue weighted by Gasteiger charge is 2.28. The van der Waals surface area contributed by atoms with Gasteiger partial charge in [-0.3, -0.25) is 9.69 Å². The summed E-state index contributed by atoms with van der Waals surface area (Å²) in [4.78, 5) is 14.7. The van der Waals surface area contributed by atoms with Gasteiger partial charge >= 0.3 is 0 Å². The Morgan fingerprint density at radius 3 is 2.71 bits per heavy atom. The third kappa shape index (κ3) is 2.82. The molecule has 3 rings (SSSR count). The molecule has 1 saturated heterocycles. The Morgan fingerprint density at radius 1 is 1.29 bits per heavy atom. The lowest BCUT2D eigenvalue weighted by Crippen LogP contribution is -2.50. The Bertz CT molecular complexity index is 688. The fourth-order valence-electron chi connectivity index (χ4n) is 2.74. The van der Waals surface area contributed by atoms with E-state index in [4.69, 9.17) is 0 Å². The SMILES string of the molecule is CNC1(C)CCN(Cn2nnc3ccccc3c2=O)CC1. The van der Waals surface area contributed by atoms with Crippen LogP contribution in [0.25, 0.3) is 10.9 Å². The number of nitrogens with zero attached hydrogens (tertiary/aromatic N) is 4. The number of rotatable bonds is 3. The molecule has 6 heteroatoms. The first-order chi connectivity index (χ1) is 10.1. The fraction of sp³-hybridized carbons (Fsp3) is 0.533. The summed E-state index contributed by atoms with van der Waals surface area (Å²) in [5.41, 5.74) is 0.791. The molecule has 21 heavy (non-hydrogen) atoms. The third-order valence-electron chi connectivity index (χ3n) is 4.53. The van der Waals surface area contributed by atoms with Crippen LogP contribution in [-0.2, 0) is 6.67 Å². The number of hydrogen-bond acceptors (Lipinski definition) is 5. The standard InChI is InChI=1S/C15H21N5O/c1-15(16-2)7-9-19(10-8-15)11-20-14(21)12-5-3-4-6-13(12)17-18-20/h3-6,16H,7-11H2,1-2H3. The largest absolute Gasteiger partial charge is 0.314 e. The Kier molecular flexibility index (Phi) is 3.73. The average molecular weight is 287 g/mol. The maximum Gasteiger partial charge on any atom is 0.278 e. The van der Waals surface area contributed by atoms with Crippen LogP contribution in [0.15, 0.2) is 29.1 Å². The summed E-state index contributed by atoms with van der Waals surface area (Å²) in [5.74, 6) is 0.